The Kier molecular flexibility index (Phi) is 5.86. The lowest BCUT2D eigenvalue weighted by Crippen LogP contribution is -2.08. The van der Waals surface area contributed by atoms with Gasteiger partial charge in [-0.1, -0.05) is 17.7 Å². The summed E-state index contributed by atoms with van der Waals surface area (Å²) < 4.78 is 11.4. The third-order valence-electron chi connectivity index (χ3n) is 3.71. The molecule has 0 aliphatic carbocycles. The number of nitrogens with one attached hydrogen (secondary N) is 2. The number of anilines is 1. The number of aryl methyl sites for hydroxylation is 1. The number of imidazole rings is 1. The maximum absolute atomic E-state index is 6.37. The molecule has 0 saturated heterocycles. The summed E-state index contributed by atoms with van der Waals surface area (Å²) in [6, 6.07) is 9.67. The van der Waals surface area contributed by atoms with Gasteiger partial charge in [0, 0.05) is 0 Å². The van der Waals surface area contributed by atoms with Crippen LogP contribution in [0, 0.1) is 6.92 Å². The monoisotopic (exact) mass is 386 g/mol. The van der Waals surface area contributed by atoms with E-state index in [0.29, 0.717) is 29.1 Å². The summed E-state index contributed by atoms with van der Waals surface area (Å²) in [5, 5.41) is 4.72. The lowest BCUT2D eigenvalue weighted by atomic mass is 10.2. The van der Waals surface area contributed by atoms with Crippen LogP contribution in [0.5, 0.6) is 11.5 Å². The van der Waals surface area contributed by atoms with Gasteiger partial charge in [-0.05, 0) is 63.1 Å². The second kappa shape index (κ2) is 8.31. The number of ether oxygens (including phenoxy) is 2. The first-order valence-electron chi connectivity index (χ1n) is 8.84. The van der Waals surface area contributed by atoms with Gasteiger partial charge in [-0.15, -0.1) is 0 Å². The van der Waals surface area contributed by atoms with Crippen molar-refractivity contribution in [3.05, 3.63) is 46.5 Å². The molecule has 1 aromatic heterocycles. The van der Waals surface area contributed by atoms with Crippen LogP contribution in [0.15, 0.2) is 35.4 Å². The molecule has 0 aliphatic rings. The molecule has 0 aliphatic heterocycles. The SMILES string of the molecule is CCOc1cc(/C=N\Nc2nc3ccc(C)cc3[nH]2)cc(Cl)c1OC(C)C. The molecule has 2 aromatic carbocycles. The molecule has 0 saturated carbocycles. The zero-order valence-corrected chi connectivity index (χ0v) is 16.6. The number of hydrogen-bond donors (Lipinski definition) is 2. The molecule has 7 heteroatoms. The molecule has 0 unspecified atom stereocenters. The minimum Gasteiger partial charge on any atom is -0.490 e. The maximum atomic E-state index is 6.37. The Bertz CT molecular complexity index is 966. The van der Waals surface area contributed by atoms with Crippen molar-refractivity contribution in [1.29, 1.82) is 0 Å². The smallest absolute Gasteiger partial charge is 0.222 e. The van der Waals surface area contributed by atoms with E-state index in [-0.39, 0.29) is 6.10 Å². The zero-order chi connectivity index (χ0) is 19.4. The summed E-state index contributed by atoms with van der Waals surface area (Å²) in [5.41, 5.74) is 6.71. The van der Waals surface area contributed by atoms with Crippen molar-refractivity contribution < 1.29 is 9.47 Å². The van der Waals surface area contributed by atoms with E-state index in [1.807, 2.05) is 52.0 Å². The van der Waals surface area contributed by atoms with Crippen molar-refractivity contribution in [3.8, 4) is 11.5 Å². The molecule has 27 heavy (non-hydrogen) atoms. The Hall–Kier alpha value is -2.73. The Morgan fingerprint density at radius 2 is 2.11 bits per heavy atom. The molecule has 0 atom stereocenters. The van der Waals surface area contributed by atoms with Crippen LogP contribution in [0.2, 0.25) is 5.02 Å². The Morgan fingerprint density at radius 1 is 1.30 bits per heavy atom. The van der Waals surface area contributed by atoms with E-state index in [4.69, 9.17) is 21.1 Å². The Labute approximate surface area is 163 Å². The van der Waals surface area contributed by atoms with E-state index in [9.17, 15) is 0 Å². The lowest BCUT2D eigenvalue weighted by molar-refractivity contribution is 0.224. The van der Waals surface area contributed by atoms with Gasteiger partial charge in [0.1, 0.15) is 0 Å². The first-order valence-corrected chi connectivity index (χ1v) is 9.22. The standard InChI is InChI=1S/C20H23ClN4O2/c1-5-26-18-10-14(9-15(21)19(18)27-12(2)3)11-22-25-20-23-16-7-6-13(4)8-17(16)24-20/h6-12H,5H2,1-4H3,(H2,23,24,25)/b22-11-. The third kappa shape index (κ3) is 4.71. The summed E-state index contributed by atoms with van der Waals surface area (Å²) in [7, 11) is 0. The fraction of sp³-hybridized carbons (Fsp3) is 0.300. The number of aromatic amines is 1. The number of fused-ring (bicyclic) bond motifs is 1. The lowest BCUT2D eigenvalue weighted by Gasteiger charge is -2.16. The second-order valence-electron chi connectivity index (χ2n) is 6.41. The molecule has 142 valence electrons. The number of hydrogen-bond acceptors (Lipinski definition) is 5. The van der Waals surface area contributed by atoms with E-state index in [1.165, 1.54) is 5.56 Å². The molecule has 3 aromatic rings. The van der Waals surface area contributed by atoms with Crippen LogP contribution in [0.1, 0.15) is 31.9 Å². The number of benzene rings is 2. The predicted molar refractivity (Wildman–Crippen MR) is 110 cm³/mol. The highest BCUT2D eigenvalue weighted by Crippen LogP contribution is 2.37. The van der Waals surface area contributed by atoms with Crippen LogP contribution in [-0.4, -0.2) is 28.9 Å². The van der Waals surface area contributed by atoms with Gasteiger partial charge in [-0.3, -0.25) is 0 Å². The van der Waals surface area contributed by atoms with E-state index in [2.05, 4.69) is 20.5 Å². The Morgan fingerprint density at radius 3 is 2.85 bits per heavy atom. The van der Waals surface area contributed by atoms with Crippen molar-refractivity contribution >= 4 is 34.8 Å². The second-order valence-corrected chi connectivity index (χ2v) is 6.81. The Balaban J connectivity index is 1.79. The van der Waals surface area contributed by atoms with Crippen molar-refractivity contribution in [2.45, 2.75) is 33.8 Å². The summed E-state index contributed by atoms with van der Waals surface area (Å²) in [4.78, 5) is 7.63. The molecular formula is C20H23ClN4O2. The largest absolute Gasteiger partial charge is 0.490 e. The van der Waals surface area contributed by atoms with Crippen LogP contribution >= 0.6 is 11.6 Å². The third-order valence-corrected chi connectivity index (χ3v) is 3.99. The molecular weight excluding hydrogens is 364 g/mol. The summed E-state index contributed by atoms with van der Waals surface area (Å²) in [6.45, 7) is 8.36. The molecule has 1 heterocycles. The van der Waals surface area contributed by atoms with Crippen molar-refractivity contribution in [1.82, 2.24) is 9.97 Å². The molecule has 0 spiro atoms. The highest BCUT2D eigenvalue weighted by atomic mass is 35.5. The van der Waals surface area contributed by atoms with Crippen LogP contribution in [0.3, 0.4) is 0 Å². The highest BCUT2D eigenvalue weighted by molar-refractivity contribution is 6.32. The van der Waals surface area contributed by atoms with Gasteiger partial charge in [0.2, 0.25) is 5.95 Å². The summed E-state index contributed by atoms with van der Waals surface area (Å²) in [5.74, 6) is 1.72. The first-order chi connectivity index (χ1) is 13.0. The molecule has 3 rings (SSSR count). The quantitative estimate of drug-likeness (QED) is 0.434. The van der Waals surface area contributed by atoms with E-state index in [0.717, 1.165) is 16.6 Å². The van der Waals surface area contributed by atoms with Crippen LogP contribution < -0.4 is 14.9 Å². The van der Waals surface area contributed by atoms with Crippen molar-refractivity contribution in [2.75, 3.05) is 12.0 Å². The maximum Gasteiger partial charge on any atom is 0.222 e. The first kappa shape index (κ1) is 19.0. The normalized spacial score (nSPS) is 11.5. The van der Waals surface area contributed by atoms with Crippen LogP contribution in [0.25, 0.3) is 11.0 Å². The zero-order valence-electron chi connectivity index (χ0n) is 15.8. The molecule has 2 N–H and O–H groups in total. The average molecular weight is 387 g/mol. The molecule has 6 nitrogen and oxygen atoms in total. The topological polar surface area (TPSA) is 71.5 Å². The highest BCUT2D eigenvalue weighted by Gasteiger charge is 2.13. The number of H-pyrrole nitrogens is 1. The van der Waals surface area contributed by atoms with Crippen LogP contribution in [-0.2, 0) is 0 Å². The fourth-order valence-corrected chi connectivity index (χ4v) is 2.88. The van der Waals surface area contributed by atoms with Gasteiger partial charge in [-0.2, -0.15) is 5.10 Å². The number of nitrogens with zero attached hydrogens (tertiary/aromatic N) is 2. The minimum atomic E-state index is -0.000360. The van der Waals surface area contributed by atoms with Gasteiger partial charge in [0.15, 0.2) is 11.5 Å². The van der Waals surface area contributed by atoms with E-state index in [1.54, 1.807) is 12.3 Å². The number of aromatic nitrogens is 2. The molecule has 0 radical (unpaired) electrons. The minimum absolute atomic E-state index is 0.000360. The van der Waals surface area contributed by atoms with Crippen LogP contribution in [0.4, 0.5) is 5.95 Å². The average Bonchev–Trinajstić information content (AvgIpc) is 2.99. The van der Waals surface area contributed by atoms with Crippen molar-refractivity contribution in [3.63, 3.8) is 0 Å². The number of rotatable bonds is 7. The molecule has 0 amide bonds. The molecule has 0 fully saturated rings. The van der Waals surface area contributed by atoms with Crippen molar-refractivity contribution in [2.24, 2.45) is 5.10 Å². The van der Waals surface area contributed by atoms with Gasteiger partial charge in [0.25, 0.3) is 0 Å². The van der Waals surface area contributed by atoms with E-state index >= 15 is 0 Å². The van der Waals surface area contributed by atoms with Gasteiger partial charge in [-0.25, -0.2) is 10.4 Å². The summed E-state index contributed by atoms with van der Waals surface area (Å²) in [6.07, 6.45) is 1.66. The molecule has 0 bridgehead atoms. The van der Waals surface area contributed by atoms with Gasteiger partial charge >= 0.3 is 0 Å². The number of halogens is 1. The number of hydrazone groups is 1. The fourth-order valence-electron chi connectivity index (χ4n) is 2.62. The summed E-state index contributed by atoms with van der Waals surface area (Å²) >= 11 is 6.37. The predicted octanol–water partition coefficient (Wildman–Crippen LogP) is 5.16. The van der Waals surface area contributed by atoms with E-state index < -0.39 is 0 Å². The van der Waals surface area contributed by atoms with Gasteiger partial charge < -0.3 is 14.5 Å². The van der Waals surface area contributed by atoms with Gasteiger partial charge in [0.05, 0.1) is 35.0 Å².